The average molecular weight is 300 g/mol. The van der Waals surface area contributed by atoms with Crippen molar-refractivity contribution in [1.29, 1.82) is 0 Å². The molecular formula is C17H24N4O. The van der Waals surface area contributed by atoms with E-state index in [4.69, 9.17) is 4.74 Å². The maximum absolute atomic E-state index is 5.42. The fourth-order valence-corrected chi connectivity index (χ4v) is 2.90. The van der Waals surface area contributed by atoms with E-state index in [2.05, 4.69) is 59.5 Å². The van der Waals surface area contributed by atoms with Crippen LogP contribution in [0.25, 0.3) is 0 Å². The van der Waals surface area contributed by atoms with E-state index in [-0.39, 0.29) is 0 Å². The van der Waals surface area contributed by atoms with Crippen LogP contribution in [0.1, 0.15) is 30.5 Å². The van der Waals surface area contributed by atoms with Crippen molar-refractivity contribution in [2.45, 2.75) is 32.7 Å². The van der Waals surface area contributed by atoms with Gasteiger partial charge in [0.2, 0.25) is 0 Å². The van der Waals surface area contributed by atoms with Crippen LogP contribution in [0.5, 0.6) is 0 Å². The quantitative estimate of drug-likeness (QED) is 0.822. The Bertz CT molecular complexity index is 604. The second-order valence-electron chi connectivity index (χ2n) is 5.89. The first-order chi connectivity index (χ1) is 10.8. The van der Waals surface area contributed by atoms with Crippen molar-refractivity contribution in [2.75, 3.05) is 31.2 Å². The first-order valence-corrected chi connectivity index (χ1v) is 8.05. The van der Waals surface area contributed by atoms with E-state index in [0.29, 0.717) is 5.92 Å². The highest BCUT2D eigenvalue weighted by molar-refractivity contribution is 5.48. The zero-order valence-electron chi connectivity index (χ0n) is 13.4. The molecule has 1 unspecified atom stereocenters. The summed E-state index contributed by atoms with van der Waals surface area (Å²) in [4.78, 5) is 2.37. The van der Waals surface area contributed by atoms with Gasteiger partial charge < -0.3 is 9.64 Å². The van der Waals surface area contributed by atoms with E-state index >= 15 is 0 Å². The third-order valence-corrected chi connectivity index (χ3v) is 4.25. The van der Waals surface area contributed by atoms with Gasteiger partial charge in [0, 0.05) is 37.5 Å². The van der Waals surface area contributed by atoms with Crippen LogP contribution in [0.15, 0.2) is 30.5 Å². The molecule has 22 heavy (non-hydrogen) atoms. The molecule has 1 fully saturated rings. The number of anilines is 1. The van der Waals surface area contributed by atoms with Gasteiger partial charge in [-0.1, -0.05) is 17.3 Å². The highest BCUT2D eigenvalue weighted by Gasteiger charge is 2.20. The molecule has 1 aliphatic heterocycles. The van der Waals surface area contributed by atoms with Crippen LogP contribution in [0.3, 0.4) is 0 Å². The van der Waals surface area contributed by atoms with Crippen molar-refractivity contribution < 1.29 is 4.74 Å². The summed E-state index contributed by atoms with van der Waals surface area (Å²) in [5, 5.41) is 8.57. The first kappa shape index (κ1) is 15.0. The Morgan fingerprint density at radius 3 is 3.05 bits per heavy atom. The molecule has 1 aromatic carbocycles. The zero-order chi connectivity index (χ0) is 15.4. The molecule has 1 saturated heterocycles. The summed E-state index contributed by atoms with van der Waals surface area (Å²) < 4.78 is 7.37. The van der Waals surface area contributed by atoms with Crippen LogP contribution in [-0.2, 0) is 11.3 Å². The SMILES string of the molecule is CCN(CCn1cc(C2CCOC2)nn1)c1cccc(C)c1. The molecule has 5 nitrogen and oxygen atoms in total. The van der Waals surface area contributed by atoms with Crippen LogP contribution in [0.2, 0.25) is 0 Å². The van der Waals surface area contributed by atoms with E-state index in [1.807, 2.05) is 4.68 Å². The Kier molecular flexibility index (Phi) is 4.73. The van der Waals surface area contributed by atoms with E-state index < -0.39 is 0 Å². The van der Waals surface area contributed by atoms with E-state index in [1.54, 1.807) is 0 Å². The molecule has 0 bridgehead atoms. The molecule has 2 aromatic rings. The second-order valence-corrected chi connectivity index (χ2v) is 5.89. The molecule has 1 aliphatic rings. The molecular weight excluding hydrogens is 276 g/mol. The summed E-state index contributed by atoms with van der Waals surface area (Å²) in [6.07, 6.45) is 3.13. The molecule has 3 rings (SSSR count). The van der Waals surface area contributed by atoms with Crippen molar-refractivity contribution in [1.82, 2.24) is 15.0 Å². The monoisotopic (exact) mass is 300 g/mol. The van der Waals surface area contributed by atoms with Crippen molar-refractivity contribution >= 4 is 5.69 Å². The normalized spacial score (nSPS) is 17.8. The van der Waals surface area contributed by atoms with Crippen molar-refractivity contribution in [3.8, 4) is 0 Å². The minimum absolute atomic E-state index is 0.424. The fraction of sp³-hybridized carbons (Fsp3) is 0.529. The molecule has 118 valence electrons. The Labute approximate surface area is 131 Å². The standard InChI is InChI=1S/C17H24N4O/c1-3-20(16-6-4-5-14(2)11-16)8-9-21-12-17(18-19-21)15-7-10-22-13-15/h4-6,11-12,15H,3,7-10,13H2,1-2H3. The maximum atomic E-state index is 5.42. The van der Waals surface area contributed by atoms with Gasteiger partial charge in [0.05, 0.1) is 18.8 Å². The van der Waals surface area contributed by atoms with Gasteiger partial charge in [-0.2, -0.15) is 0 Å². The summed E-state index contributed by atoms with van der Waals surface area (Å²) in [6.45, 7) is 8.71. The molecule has 2 heterocycles. The highest BCUT2D eigenvalue weighted by atomic mass is 16.5. The molecule has 1 atom stereocenters. The molecule has 0 aliphatic carbocycles. The average Bonchev–Trinajstić information content (AvgIpc) is 3.19. The van der Waals surface area contributed by atoms with Gasteiger partial charge in [-0.05, 0) is 38.0 Å². The topological polar surface area (TPSA) is 43.2 Å². The predicted molar refractivity (Wildman–Crippen MR) is 87.3 cm³/mol. The third-order valence-electron chi connectivity index (χ3n) is 4.25. The lowest BCUT2D eigenvalue weighted by Gasteiger charge is -2.23. The van der Waals surface area contributed by atoms with Crippen molar-refractivity contribution in [2.24, 2.45) is 0 Å². The number of nitrogens with zero attached hydrogens (tertiary/aromatic N) is 4. The van der Waals surface area contributed by atoms with E-state index in [0.717, 1.165) is 45.0 Å². The number of benzene rings is 1. The van der Waals surface area contributed by atoms with Crippen LogP contribution >= 0.6 is 0 Å². The lowest BCUT2D eigenvalue weighted by molar-refractivity contribution is 0.193. The first-order valence-electron chi connectivity index (χ1n) is 8.05. The summed E-state index contributed by atoms with van der Waals surface area (Å²) in [5.74, 6) is 0.424. The molecule has 5 heteroatoms. The van der Waals surface area contributed by atoms with Gasteiger partial charge in [-0.3, -0.25) is 4.68 Å². The maximum Gasteiger partial charge on any atom is 0.0881 e. The van der Waals surface area contributed by atoms with E-state index in [9.17, 15) is 0 Å². The Hall–Kier alpha value is -1.88. The molecule has 1 aromatic heterocycles. The Morgan fingerprint density at radius 2 is 2.32 bits per heavy atom. The number of likely N-dealkylation sites (N-methyl/N-ethyl adjacent to an activating group) is 1. The largest absolute Gasteiger partial charge is 0.381 e. The van der Waals surface area contributed by atoms with Crippen LogP contribution < -0.4 is 4.90 Å². The number of aromatic nitrogens is 3. The van der Waals surface area contributed by atoms with Gasteiger partial charge in [0.1, 0.15) is 0 Å². The van der Waals surface area contributed by atoms with Gasteiger partial charge in [0.15, 0.2) is 0 Å². The number of rotatable bonds is 6. The summed E-state index contributed by atoms with van der Waals surface area (Å²) in [7, 11) is 0. The van der Waals surface area contributed by atoms with Gasteiger partial charge in [0.25, 0.3) is 0 Å². The fourth-order valence-electron chi connectivity index (χ4n) is 2.90. The Balaban J connectivity index is 1.61. The zero-order valence-corrected chi connectivity index (χ0v) is 13.4. The minimum atomic E-state index is 0.424. The van der Waals surface area contributed by atoms with Crippen molar-refractivity contribution in [3.05, 3.63) is 41.7 Å². The second kappa shape index (κ2) is 6.92. The van der Waals surface area contributed by atoms with Crippen LogP contribution in [-0.4, -0.2) is 41.3 Å². The lowest BCUT2D eigenvalue weighted by Crippen LogP contribution is -2.27. The van der Waals surface area contributed by atoms with Gasteiger partial charge in [-0.15, -0.1) is 5.10 Å². The lowest BCUT2D eigenvalue weighted by atomic mass is 10.1. The summed E-state index contributed by atoms with van der Waals surface area (Å²) >= 11 is 0. The Morgan fingerprint density at radius 1 is 1.41 bits per heavy atom. The number of hydrogen-bond donors (Lipinski definition) is 0. The molecule has 0 radical (unpaired) electrons. The van der Waals surface area contributed by atoms with Crippen LogP contribution in [0, 0.1) is 6.92 Å². The summed E-state index contributed by atoms with van der Waals surface area (Å²) in [5.41, 5.74) is 3.63. The molecule has 0 spiro atoms. The third kappa shape index (κ3) is 3.47. The highest BCUT2D eigenvalue weighted by Crippen LogP contribution is 2.22. The number of hydrogen-bond acceptors (Lipinski definition) is 4. The molecule has 0 N–H and O–H groups in total. The smallest absolute Gasteiger partial charge is 0.0881 e. The predicted octanol–water partition coefficient (Wildman–Crippen LogP) is 2.62. The van der Waals surface area contributed by atoms with Gasteiger partial charge in [-0.25, -0.2) is 0 Å². The van der Waals surface area contributed by atoms with E-state index in [1.165, 1.54) is 11.3 Å². The van der Waals surface area contributed by atoms with Crippen molar-refractivity contribution in [3.63, 3.8) is 0 Å². The number of aryl methyl sites for hydroxylation is 1. The molecule has 0 amide bonds. The minimum Gasteiger partial charge on any atom is -0.381 e. The van der Waals surface area contributed by atoms with Crippen LogP contribution in [0.4, 0.5) is 5.69 Å². The van der Waals surface area contributed by atoms with Gasteiger partial charge >= 0.3 is 0 Å². The summed E-state index contributed by atoms with van der Waals surface area (Å²) in [6, 6.07) is 8.64. The molecule has 0 saturated carbocycles. The number of ether oxygens (including phenoxy) is 1.